The highest BCUT2D eigenvalue weighted by atomic mass is 79.9. The predicted molar refractivity (Wildman–Crippen MR) is 79.7 cm³/mol. The molecule has 0 aromatic heterocycles. The Kier molecular flexibility index (Phi) is 4.11. The summed E-state index contributed by atoms with van der Waals surface area (Å²) in [4.78, 5) is 0.109. The first-order valence-electron chi connectivity index (χ1n) is 5.29. The minimum atomic E-state index is -0.555. The molecule has 0 aliphatic carbocycles. The Morgan fingerprint density at radius 1 is 1.16 bits per heavy atom. The third-order valence-corrected chi connectivity index (χ3v) is 3.37. The van der Waals surface area contributed by atoms with Crippen LogP contribution in [0.4, 0.5) is 20.2 Å². The second kappa shape index (κ2) is 5.63. The van der Waals surface area contributed by atoms with Crippen molar-refractivity contribution in [3.8, 4) is 0 Å². The zero-order valence-corrected chi connectivity index (χ0v) is 12.0. The molecule has 0 saturated heterocycles. The molecule has 0 radical (unpaired) electrons. The number of rotatable bonds is 3. The second-order valence-electron chi connectivity index (χ2n) is 3.78. The van der Waals surface area contributed by atoms with Crippen molar-refractivity contribution in [1.29, 1.82) is 0 Å². The lowest BCUT2D eigenvalue weighted by atomic mass is 10.2. The maximum absolute atomic E-state index is 13.8. The van der Waals surface area contributed by atoms with E-state index >= 15 is 0 Å². The van der Waals surface area contributed by atoms with Crippen LogP contribution < -0.4 is 11.1 Å². The number of anilines is 2. The fraction of sp³-hybridized carbons (Fsp3) is 0. The van der Waals surface area contributed by atoms with Crippen LogP contribution in [-0.2, 0) is 0 Å². The molecule has 2 aromatic carbocycles. The average molecular weight is 343 g/mol. The number of para-hydroxylation sites is 1. The highest BCUT2D eigenvalue weighted by Crippen LogP contribution is 2.29. The van der Waals surface area contributed by atoms with Gasteiger partial charge in [0.15, 0.2) is 0 Å². The van der Waals surface area contributed by atoms with Crippen molar-refractivity contribution in [2.75, 3.05) is 5.32 Å². The summed E-state index contributed by atoms with van der Waals surface area (Å²) in [7, 11) is 0. The van der Waals surface area contributed by atoms with Gasteiger partial charge in [0.2, 0.25) is 0 Å². The van der Waals surface area contributed by atoms with Crippen molar-refractivity contribution in [3.05, 3.63) is 58.1 Å². The quantitative estimate of drug-likeness (QED) is 0.824. The van der Waals surface area contributed by atoms with Crippen LogP contribution in [-0.4, -0.2) is 4.99 Å². The number of halogens is 3. The van der Waals surface area contributed by atoms with Gasteiger partial charge in [0.05, 0.1) is 11.4 Å². The summed E-state index contributed by atoms with van der Waals surface area (Å²) in [6, 6.07) is 8.74. The molecule has 0 spiro atoms. The van der Waals surface area contributed by atoms with Crippen molar-refractivity contribution in [2.24, 2.45) is 5.73 Å². The molecule has 0 fully saturated rings. The van der Waals surface area contributed by atoms with E-state index in [0.29, 0.717) is 10.0 Å². The normalized spacial score (nSPS) is 10.3. The molecule has 2 rings (SSSR count). The van der Waals surface area contributed by atoms with Crippen LogP contribution >= 0.6 is 28.1 Å². The number of thiocarbonyl (C=S) groups is 1. The van der Waals surface area contributed by atoms with Crippen LogP contribution in [0.3, 0.4) is 0 Å². The van der Waals surface area contributed by atoms with Crippen molar-refractivity contribution >= 4 is 44.5 Å². The molecule has 6 heteroatoms. The number of hydrogen-bond donors (Lipinski definition) is 2. The SMILES string of the molecule is NC(=S)c1ccc(Nc2c(F)cccc2Br)c(F)c1. The Balaban J connectivity index is 2.36. The lowest BCUT2D eigenvalue weighted by Crippen LogP contribution is -2.10. The van der Waals surface area contributed by atoms with E-state index in [1.807, 2.05) is 0 Å². The molecule has 0 unspecified atom stereocenters. The molecule has 2 nitrogen and oxygen atoms in total. The molecule has 0 bridgehead atoms. The molecular weight excluding hydrogens is 334 g/mol. The molecule has 0 amide bonds. The fourth-order valence-corrected chi connectivity index (χ4v) is 2.09. The van der Waals surface area contributed by atoms with Crippen LogP contribution in [0.25, 0.3) is 0 Å². The van der Waals surface area contributed by atoms with Gasteiger partial charge in [-0.1, -0.05) is 18.3 Å². The third-order valence-electron chi connectivity index (χ3n) is 2.48. The standard InChI is InChI=1S/C13H9BrF2N2S/c14-8-2-1-3-9(15)12(8)18-11-5-4-7(13(17)19)6-10(11)16/h1-6,18H,(H2,17,19). The Morgan fingerprint density at radius 3 is 2.47 bits per heavy atom. The van der Waals surface area contributed by atoms with Gasteiger partial charge in [-0.25, -0.2) is 8.78 Å². The van der Waals surface area contributed by atoms with Gasteiger partial charge in [-0.3, -0.25) is 0 Å². The number of nitrogens with two attached hydrogens (primary N) is 1. The minimum Gasteiger partial charge on any atom is -0.389 e. The molecule has 98 valence electrons. The topological polar surface area (TPSA) is 38.0 Å². The largest absolute Gasteiger partial charge is 0.389 e. The van der Waals surface area contributed by atoms with Crippen LogP contribution in [0, 0.1) is 11.6 Å². The number of benzene rings is 2. The van der Waals surface area contributed by atoms with E-state index in [1.54, 1.807) is 18.2 Å². The first-order chi connectivity index (χ1) is 8.99. The molecule has 0 aliphatic heterocycles. The van der Waals surface area contributed by atoms with E-state index in [2.05, 4.69) is 21.2 Å². The lowest BCUT2D eigenvalue weighted by Gasteiger charge is -2.11. The van der Waals surface area contributed by atoms with Crippen molar-refractivity contribution in [1.82, 2.24) is 0 Å². The summed E-state index contributed by atoms with van der Waals surface area (Å²) in [6.45, 7) is 0. The summed E-state index contributed by atoms with van der Waals surface area (Å²) in [5.74, 6) is -1.03. The molecule has 0 heterocycles. The number of hydrogen-bond acceptors (Lipinski definition) is 2. The second-order valence-corrected chi connectivity index (χ2v) is 5.07. The maximum atomic E-state index is 13.8. The summed E-state index contributed by atoms with van der Waals surface area (Å²) in [6.07, 6.45) is 0. The van der Waals surface area contributed by atoms with Gasteiger partial charge < -0.3 is 11.1 Å². The van der Waals surface area contributed by atoms with Crippen molar-refractivity contribution in [3.63, 3.8) is 0 Å². The fourth-order valence-electron chi connectivity index (χ4n) is 1.52. The minimum absolute atomic E-state index is 0.109. The first-order valence-corrected chi connectivity index (χ1v) is 6.49. The third kappa shape index (κ3) is 3.08. The zero-order valence-electron chi connectivity index (χ0n) is 9.58. The summed E-state index contributed by atoms with van der Waals surface area (Å²) >= 11 is 7.96. The van der Waals surface area contributed by atoms with E-state index in [9.17, 15) is 8.78 Å². The molecule has 3 N–H and O–H groups in total. The van der Waals surface area contributed by atoms with E-state index < -0.39 is 11.6 Å². The molecule has 2 aromatic rings. The highest BCUT2D eigenvalue weighted by molar-refractivity contribution is 9.10. The summed E-state index contributed by atoms with van der Waals surface area (Å²) < 4.78 is 28.0. The van der Waals surface area contributed by atoms with Gasteiger partial charge in [-0.15, -0.1) is 0 Å². The summed E-state index contributed by atoms with van der Waals surface area (Å²) in [5, 5.41) is 2.69. The Hall–Kier alpha value is -1.53. The molecule has 19 heavy (non-hydrogen) atoms. The smallest absolute Gasteiger partial charge is 0.147 e. The van der Waals surface area contributed by atoms with Gasteiger partial charge in [0.25, 0.3) is 0 Å². The maximum Gasteiger partial charge on any atom is 0.147 e. The van der Waals surface area contributed by atoms with Gasteiger partial charge in [-0.05, 0) is 46.3 Å². The zero-order chi connectivity index (χ0) is 14.0. The Labute approximate surface area is 122 Å². The first kappa shape index (κ1) is 13.9. The van der Waals surface area contributed by atoms with Crippen LogP contribution in [0.5, 0.6) is 0 Å². The highest BCUT2D eigenvalue weighted by Gasteiger charge is 2.10. The van der Waals surface area contributed by atoms with Crippen molar-refractivity contribution < 1.29 is 8.78 Å². The molecule has 0 saturated carbocycles. The van der Waals surface area contributed by atoms with E-state index in [-0.39, 0.29) is 16.4 Å². The predicted octanol–water partition coefficient (Wildman–Crippen LogP) is 4.11. The lowest BCUT2D eigenvalue weighted by molar-refractivity contribution is 0.625. The van der Waals surface area contributed by atoms with Crippen LogP contribution in [0.2, 0.25) is 0 Å². The van der Waals surface area contributed by atoms with Gasteiger partial charge in [0.1, 0.15) is 16.6 Å². The van der Waals surface area contributed by atoms with Crippen LogP contribution in [0.15, 0.2) is 40.9 Å². The summed E-state index contributed by atoms with van der Waals surface area (Å²) in [5.41, 5.74) is 6.15. The Morgan fingerprint density at radius 2 is 1.89 bits per heavy atom. The molecule has 0 aliphatic rings. The molecule has 0 atom stereocenters. The number of nitrogens with one attached hydrogen (secondary N) is 1. The molecular formula is C13H9BrF2N2S. The monoisotopic (exact) mass is 342 g/mol. The van der Waals surface area contributed by atoms with Crippen LogP contribution in [0.1, 0.15) is 5.56 Å². The van der Waals surface area contributed by atoms with E-state index in [0.717, 1.165) is 0 Å². The Bertz CT molecular complexity index is 626. The average Bonchev–Trinajstić information content (AvgIpc) is 2.35. The van der Waals surface area contributed by atoms with Gasteiger partial charge in [-0.2, -0.15) is 0 Å². The van der Waals surface area contributed by atoms with Gasteiger partial charge in [0, 0.05) is 10.0 Å². The van der Waals surface area contributed by atoms with Crippen molar-refractivity contribution in [2.45, 2.75) is 0 Å². The van der Waals surface area contributed by atoms with E-state index in [4.69, 9.17) is 18.0 Å². The van der Waals surface area contributed by atoms with Gasteiger partial charge >= 0.3 is 0 Å². The van der Waals surface area contributed by atoms with E-state index in [1.165, 1.54) is 18.2 Å².